The van der Waals surface area contributed by atoms with Crippen LogP contribution in [0.25, 0.3) is 0 Å². The summed E-state index contributed by atoms with van der Waals surface area (Å²) in [6, 6.07) is 16.3. The van der Waals surface area contributed by atoms with E-state index in [0.29, 0.717) is 13.1 Å². The largest absolute Gasteiger partial charge is 0.454 e. The van der Waals surface area contributed by atoms with Gasteiger partial charge in [0.25, 0.3) is 0 Å². The van der Waals surface area contributed by atoms with E-state index in [-0.39, 0.29) is 18.9 Å². The van der Waals surface area contributed by atoms with Crippen LogP contribution in [0.5, 0.6) is 11.5 Å². The molecule has 0 saturated carbocycles. The van der Waals surface area contributed by atoms with Gasteiger partial charge in [-0.25, -0.2) is 4.79 Å². The maximum absolute atomic E-state index is 12.5. The van der Waals surface area contributed by atoms with E-state index in [1.807, 2.05) is 41.3 Å². The molecule has 2 aliphatic heterocycles. The van der Waals surface area contributed by atoms with Gasteiger partial charge in [-0.05, 0) is 37.0 Å². The molecule has 0 spiro atoms. The summed E-state index contributed by atoms with van der Waals surface area (Å²) in [5.41, 5.74) is 2.23. The number of urea groups is 1. The second kappa shape index (κ2) is 8.20. The lowest BCUT2D eigenvalue weighted by molar-refractivity contribution is 0.174. The number of hydrogen-bond donors (Lipinski definition) is 2. The first-order valence-electron chi connectivity index (χ1n) is 9.51. The molecule has 1 saturated heterocycles. The zero-order chi connectivity index (χ0) is 18.5. The Kier molecular flexibility index (Phi) is 5.32. The topological polar surface area (TPSA) is 62.8 Å². The lowest BCUT2D eigenvalue weighted by atomic mass is 10.1. The second-order valence-corrected chi connectivity index (χ2v) is 6.97. The smallest absolute Gasteiger partial charge is 0.317 e. The van der Waals surface area contributed by atoms with Crippen molar-refractivity contribution in [3.8, 4) is 11.5 Å². The van der Waals surface area contributed by atoms with E-state index >= 15 is 0 Å². The third-order valence-electron chi connectivity index (χ3n) is 4.98. The van der Waals surface area contributed by atoms with Crippen LogP contribution >= 0.6 is 0 Å². The third kappa shape index (κ3) is 4.45. The highest BCUT2D eigenvalue weighted by Gasteiger charge is 2.24. The minimum atomic E-state index is 0.0168. The van der Waals surface area contributed by atoms with Gasteiger partial charge >= 0.3 is 6.03 Å². The Morgan fingerprint density at radius 1 is 1.11 bits per heavy atom. The fraction of sp³-hybridized carbons (Fsp3) is 0.381. The Labute approximate surface area is 159 Å². The molecule has 1 atom stereocenters. The molecule has 0 radical (unpaired) electrons. The van der Waals surface area contributed by atoms with Crippen LogP contribution in [0, 0.1) is 0 Å². The Bertz CT molecular complexity index is 781. The predicted octanol–water partition coefficient (Wildman–Crippen LogP) is 3.24. The maximum atomic E-state index is 12.5. The van der Waals surface area contributed by atoms with Gasteiger partial charge in [0.1, 0.15) is 0 Å². The first kappa shape index (κ1) is 17.5. The molecule has 2 aromatic rings. The zero-order valence-electron chi connectivity index (χ0n) is 15.3. The highest BCUT2D eigenvalue weighted by Crippen LogP contribution is 2.34. The summed E-state index contributed by atoms with van der Waals surface area (Å²) in [6.07, 6.45) is 2.88. The van der Waals surface area contributed by atoms with Gasteiger partial charge in [0.15, 0.2) is 11.5 Å². The van der Waals surface area contributed by atoms with Gasteiger partial charge in [0.05, 0.1) is 0 Å². The van der Waals surface area contributed by atoms with Crippen LogP contribution in [0.1, 0.15) is 18.4 Å². The van der Waals surface area contributed by atoms with E-state index < -0.39 is 0 Å². The van der Waals surface area contributed by atoms with Crippen molar-refractivity contribution in [2.75, 3.05) is 31.7 Å². The summed E-state index contributed by atoms with van der Waals surface area (Å²) in [5, 5.41) is 6.56. The summed E-state index contributed by atoms with van der Waals surface area (Å²) in [6.45, 7) is 2.43. The van der Waals surface area contributed by atoms with Crippen LogP contribution in [-0.4, -0.2) is 43.4 Å². The van der Waals surface area contributed by atoms with Crippen molar-refractivity contribution in [3.63, 3.8) is 0 Å². The van der Waals surface area contributed by atoms with Crippen molar-refractivity contribution in [3.05, 3.63) is 54.1 Å². The normalized spacial score (nSPS) is 18.2. The van der Waals surface area contributed by atoms with Crippen LogP contribution in [-0.2, 0) is 6.42 Å². The molecule has 6 heteroatoms. The number of hydrogen-bond acceptors (Lipinski definition) is 4. The quantitative estimate of drug-likeness (QED) is 0.852. The molecule has 2 amide bonds. The number of nitrogens with one attached hydrogen (secondary N) is 2. The number of carbonyl (C=O) groups is 1. The number of fused-ring (bicyclic) bond motifs is 1. The van der Waals surface area contributed by atoms with Gasteiger partial charge in [-0.1, -0.05) is 30.3 Å². The molecule has 2 heterocycles. The summed E-state index contributed by atoms with van der Waals surface area (Å²) in [5.74, 6) is 1.55. The molecule has 0 aromatic heterocycles. The van der Waals surface area contributed by atoms with Crippen LogP contribution in [0.4, 0.5) is 10.5 Å². The number of rotatable bonds is 5. The molecule has 6 nitrogen and oxygen atoms in total. The predicted molar refractivity (Wildman–Crippen MR) is 104 cm³/mol. The SMILES string of the molecule is O=C(NCCc1ccccc1)N1CCCC(Nc2ccc3c(c2)OCO3)C1. The summed E-state index contributed by atoms with van der Waals surface area (Å²) < 4.78 is 10.8. The van der Waals surface area contributed by atoms with Crippen LogP contribution in [0.3, 0.4) is 0 Å². The van der Waals surface area contributed by atoms with E-state index in [2.05, 4.69) is 22.8 Å². The molecule has 1 unspecified atom stereocenters. The summed E-state index contributed by atoms with van der Waals surface area (Å²) >= 11 is 0. The summed E-state index contributed by atoms with van der Waals surface area (Å²) in [4.78, 5) is 14.4. The lowest BCUT2D eigenvalue weighted by Gasteiger charge is -2.33. The first-order valence-corrected chi connectivity index (χ1v) is 9.51. The number of piperidine rings is 1. The van der Waals surface area contributed by atoms with E-state index in [0.717, 1.165) is 43.0 Å². The van der Waals surface area contributed by atoms with E-state index in [1.54, 1.807) is 0 Å². The molecule has 2 N–H and O–H groups in total. The Hall–Kier alpha value is -2.89. The average Bonchev–Trinajstić information content (AvgIpc) is 3.17. The van der Waals surface area contributed by atoms with Crippen LogP contribution in [0.15, 0.2) is 48.5 Å². The number of anilines is 1. The number of amides is 2. The second-order valence-electron chi connectivity index (χ2n) is 6.97. The van der Waals surface area contributed by atoms with E-state index in [4.69, 9.17) is 9.47 Å². The van der Waals surface area contributed by atoms with Gasteiger partial charge < -0.3 is 25.0 Å². The average molecular weight is 367 g/mol. The third-order valence-corrected chi connectivity index (χ3v) is 4.98. The standard InChI is InChI=1S/C21H25N3O3/c25-21(22-11-10-16-5-2-1-3-6-16)24-12-4-7-18(14-24)23-17-8-9-19-20(13-17)27-15-26-19/h1-3,5-6,8-9,13,18,23H,4,7,10-12,14-15H2,(H,22,25). The molecule has 27 heavy (non-hydrogen) atoms. The lowest BCUT2D eigenvalue weighted by Crippen LogP contribution is -2.49. The molecule has 142 valence electrons. The highest BCUT2D eigenvalue weighted by atomic mass is 16.7. The summed E-state index contributed by atoms with van der Waals surface area (Å²) in [7, 11) is 0. The van der Waals surface area contributed by atoms with Crippen molar-refractivity contribution < 1.29 is 14.3 Å². The van der Waals surface area contributed by atoms with Gasteiger partial charge in [0, 0.05) is 37.4 Å². The Morgan fingerprint density at radius 2 is 1.96 bits per heavy atom. The number of benzene rings is 2. The monoisotopic (exact) mass is 367 g/mol. The van der Waals surface area contributed by atoms with Gasteiger partial charge in [-0.2, -0.15) is 0 Å². The number of carbonyl (C=O) groups excluding carboxylic acids is 1. The Morgan fingerprint density at radius 3 is 2.85 bits per heavy atom. The van der Waals surface area contributed by atoms with E-state index in [9.17, 15) is 4.79 Å². The number of likely N-dealkylation sites (tertiary alicyclic amines) is 1. The molecular formula is C21H25N3O3. The fourth-order valence-corrected chi connectivity index (χ4v) is 3.57. The number of ether oxygens (including phenoxy) is 2. The molecule has 2 aromatic carbocycles. The van der Waals surface area contributed by atoms with E-state index in [1.165, 1.54) is 5.56 Å². The highest BCUT2D eigenvalue weighted by molar-refractivity contribution is 5.74. The van der Waals surface area contributed by atoms with Crippen molar-refractivity contribution in [2.24, 2.45) is 0 Å². The minimum absolute atomic E-state index is 0.0168. The fourth-order valence-electron chi connectivity index (χ4n) is 3.57. The molecule has 0 bridgehead atoms. The van der Waals surface area contributed by atoms with Crippen LogP contribution < -0.4 is 20.1 Å². The van der Waals surface area contributed by atoms with Gasteiger partial charge in [-0.15, -0.1) is 0 Å². The molecule has 2 aliphatic rings. The van der Waals surface area contributed by atoms with Crippen molar-refractivity contribution in [2.45, 2.75) is 25.3 Å². The van der Waals surface area contributed by atoms with Gasteiger partial charge in [0.2, 0.25) is 6.79 Å². The first-order chi connectivity index (χ1) is 13.3. The Balaban J connectivity index is 1.26. The van der Waals surface area contributed by atoms with Crippen molar-refractivity contribution in [1.82, 2.24) is 10.2 Å². The van der Waals surface area contributed by atoms with Crippen molar-refractivity contribution >= 4 is 11.7 Å². The maximum Gasteiger partial charge on any atom is 0.317 e. The van der Waals surface area contributed by atoms with Crippen molar-refractivity contribution in [1.29, 1.82) is 0 Å². The minimum Gasteiger partial charge on any atom is -0.454 e. The van der Waals surface area contributed by atoms with Crippen LogP contribution in [0.2, 0.25) is 0 Å². The van der Waals surface area contributed by atoms with Gasteiger partial charge in [-0.3, -0.25) is 0 Å². The molecule has 1 fully saturated rings. The number of nitrogens with zero attached hydrogens (tertiary/aromatic N) is 1. The molecule has 0 aliphatic carbocycles. The zero-order valence-corrected chi connectivity index (χ0v) is 15.3. The molecular weight excluding hydrogens is 342 g/mol. The molecule has 4 rings (SSSR count).